The monoisotopic (exact) mass is 393 g/mol. The van der Waals surface area contributed by atoms with Crippen molar-refractivity contribution in [1.29, 1.82) is 0 Å². The molecule has 2 aromatic heterocycles. The van der Waals surface area contributed by atoms with Gasteiger partial charge < -0.3 is 9.64 Å². The number of aryl methyl sites for hydroxylation is 1. The summed E-state index contributed by atoms with van der Waals surface area (Å²) in [6, 6.07) is 12.8. The van der Waals surface area contributed by atoms with E-state index < -0.39 is 5.56 Å². The van der Waals surface area contributed by atoms with Gasteiger partial charge in [0.05, 0.1) is 18.8 Å². The molecule has 0 saturated carbocycles. The third kappa shape index (κ3) is 3.82. The van der Waals surface area contributed by atoms with E-state index in [4.69, 9.17) is 4.74 Å². The summed E-state index contributed by atoms with van der Waals surface area (Å²) in [6.07, 6.45) is 2.94. The van der Waals surface area contributed by atoms with Gasteiger partial charge in [0.1, 0.15) is 17.5 Å². The maximum atomic E-state index is 13.2. The van der Waals surface area contributed by atoms with Gasteiger partial charge in [-0.3, -0.25) is 19.1 Å². The van der Waals surface area contributed by atoms with Crippen LogP contribution in [0.25, 0.3) is 5.69 Å². The largest absolute Gasteiger partial charge is 0.368 e. The molecule has 0 spiro atoms. The van der Waals surface area contributed by atoms with Gasteiger partial charge in [-0.25, -0.2) is 4.39 Å². The molecule has 1 atom stereocenters. The van der Waals surface area contributed by atoms with Crippen LogP contribution in [0.1, 0.15) is 27.7 Å². The molecule has 29 heavy (non-hydrogen) atoms. The summed E-state index contributed by atoms with van der Waals surface area (Å²) < 4.78 is 20.4. The molecular weight excluding hydrogens is 373 g/mol. The molecule has 1 amide bonds. The maximum Gasteiger partial charge on any atom is 0.268 e. The first kappa shape index (κ1) is 19.0. The Morgan fingerprint density at radius 3 is 2.69 bits per heavy atom. The summed E-state index contributed by atoms with van der Waals surface area (Å²) in [6.45, 7) is 2.82. The molecule has 1 aliphatic heterocycles. The first-order valence-electron chi connectivity index (χ1n) is 9.34. The van der Waals surface area contributed by atoms with Gasteiger partial charge in [0.15, 0.2) is 0 Å². The molecule has 6 nitrogen and oxygen atoms in total. The molecule has 0 radical (unpaired) electrons. The summed E-state index contributed by atoms with van der Waals surface area (Å²) in [5, 5.41) is 0. The molecule has 1 aliphatic rings. The van der Waals surface area contributed by atoms with Crippen molar-refractivity contribution in [3.8, 4) is 5.69 Å². The van der Waals surface area contributed by atoms with Crippen LogP contribution in [0.15, 0.2) is 65.7 Å². The van der Waals surface area contributed by atoms with Crippen LogP contribution >= 0.6 is 0 Å². The number of hydrogen-bond acceptors (Lipinski definition) is 4. The van der Waals surface area contributed by atoms with Gasteiger partial charge in [0.2, 0.25) is 0 Å². The molecule has 3 heterocycles. The second kappa shape index (κ2) is 7.97. The fraction of sp³-hybridized carbons (Fsp3) is 0.227. The van der Waals surface area contributed by atoms with Crippen LogP contribution in [0.2, 0.25) is 0 Å². The number of halogens is 1. The number of carbonyl (C=O) groups excluding carboxylic acids is 1. The number of nitrogens with zero attached hydrogens (tertiary/aromatic N) is 3. The number of ether oxygens (including phenoxy) is 1. The van der Waals surface area contributed by atoms with Crippen LogP contribution < -0.4 is 5.56 Å². The van der Waals surface area contributed by atoms with Crippen LogP contribution in [-0.4, -0.2) is 40.1 Å². The molecular formula is C22H20FN3O3. The Bertz CT molecular complexity index is 1080. The molecule has 1 aromatic carbocycles. The fourth-order valence-electron chi connectivity index (χ4n) is 3.43. The molecule has 1 saturated heterocycles. The van der Waals surface area contributed by atoms with Gasteiger partial charge >= 0.3 is 0 Å². The van der Waals surface area contributed by atoms with Gasteiger partial charge in [-0.15, -0.1) is 0 Å². The van der Waals surface area contributed by atoms with Gasteiger partial charge in [0, 0.05) is 24.6 Å². The van der Waals surface area contributed by atoms with Crippen LogP contribution in [0.5, 0.6) is 0 Å². The molecule has 0 bridgehead atoms. The second-order valence-corrected chi connectivity index (χ2v) is 6.89. The van der Waals surface area contributed by atoms with E-state index >= 15 is 0 Å². The topological polar surface area (TPSA) is 64.4 Å². The number of carbonyl (C=O) groups is 1. The molecule has 3 aromatic rings. The van der Waals surface area contributed by atoms with E-state index in [-0.39, 0.29) is 23.4 Å². The zero-order chi connectivity index (χ0) is 20.4. The number of aromatic nitrogens is 2. The van der Waals surface area contributed by atoms with Crippen molar-refractivity contribution in [1.82, 2.24) is 14.5 Å². The summed E-state index contributed by atoms with van der Waals surface area (Å²) in [5.41, 5.74) is 1.53. The van der Waals surface area contributed by atoms with E-state index in [1.54, 1.807) is 30.3 Å². The molecule has 1 unspecified atom stereocenters. The Morgan fingerprint density at radius 1 is 1.17 bits per heavy atom. The zero-order valence-corrected chi connectivity index (χ0v) is 15.9. The highest BCUT2D eigenvalue weighted by molar-refractivity contribution is 5.95. The lowest BCUT2D eigenvalue weighted by molar-refractivity contribution is -0.0248. The lowest BCUT2D eigenvalue weighted by Crippen LogP contribution is -2.44. The van der Waals surface area contributed by atoms with Crippen molar-refractivity contribution >= 4 is 5.91 Å². The third-order valence-electron chi connectivity index (χ3n) is 4.99. The minimum atomic E-state index is -0.428. The predicted molar refractivity (Wildman–Crippen MR) is 106 cm³/mol. The van der Waals surface area contributed by atoms with Crippen molar-refractivity contribution in [3.05, 3.63) is 93.9 Å². The molecule has 0 aliphatic carbocycles. The van der Waals surface area contributed by atoms with Crippen LogP contribution in [0.4, 0.5) is 4.39 Å². The first-order valence-corrected chi connectivity index (χ1v) is 9.34. The Kier molecular flexibility index (Phi) is 5.22. The van der Waals surface area contributed by atoms with E-state index in [2.05, 4.69) is 4.98 Å². The Labute approximate surface area is 167 Å². The van der Waals surface area contributed by atoms with Crippen LogP contribution in [0, 0.1) is 12.7 Å². The van der Waals surface area contributed by atoms with Crippen LogP contribution in [-0.2, 0) is 4.74 Å². The summed E-state index contributed by atoms with van der Waals surface area (Å²) >= 11 is 0. The van der Waals surface area contributed by atoms with E-state index in [9.17, 15) is 14.0 Å². The Morgan fingerprint density at radius 2 is 1.97 bits per heavy atom. The molecule has 7 heteroatoms. The highest BCUT2D eigenvalue weighted by Crippen LogP contribution is 2.22. The normalized spacial score (nSPS) is 16.6. The van der Waals surface area contributed by atoms with Crippen molar-refractivity contribution in [2.45, 2.75) is 13.0 Å². The van der Waals surface area contributed by atoms with Crippen molar-refractivity contribution in [2.24, 2.45) is 0 Å². The number of morpholine rings is 1. The number of rotatable bonds is 3. The van der Waals surface area contributed by atoms with E-state index in [0.717, 1.165) is 5.69 Å². The maximum absolute atomic E-state index is 13.2. The number of amides is 1. The Hall–Kier alpha value is -3.32. The third-order valence-corrected chi connectivity index (χ3v) is 4.99. The number of hydrogen-bond donors (Lipinski definition) is 0. The van der Waals surface area contributed by atoms with Gasteiger partial charge in [-0.2, -0.15) is 0 Å². The smallest absolute Gasteiger partial charge is 0.268 e. The van der Waals surface area contributed by atoms with Crippen molar-refractivity contribution in [3.63, 3.8) is 0 Å². The average Bonchev–Trinajstić information content (AvgIpc) is 2.75. The highest BCUT2D eigenvalue weighted by Gasteiger charge is 2.29. The minimum Gasteiger partial charge on any atom is -0.368 e. The minimum absolute atomic E-state index is 0.110. The number of benzene rings is 1. The molecule has 148 valence electrons. The highest BCUT2D eigenvalue weighted by atomic mass is 19.1. The summed E-state index contributed by atoms with van der Waals surface area (Å²) in [4.78, 5) is 32.3. The van der Waals surface area contributed by atoms with Crippen molar-refractivity contribution < 1.29 is 13.9 Å². The fourth-order valence-corrected chi connectivity index (χ4v) is 3.43. The first-order chi connectivity index (χ1) is 14.0. The van der Waals surface area contributed by atoms with E-state index in [1.165, 1.54) is 28.8 Å². The lowest BCUT2D eigenvalue weighted by atomic mass is 10.1. The molecule has 0 N–H and O–H groups in total. The van der Waals surface area contributed by atoms with E-state index in [0.29, 0.717) is 30.9 Å². The SMILES string of the molecule is Cc1ccn(-c2ccc(F)cc2)c(=O)c1C(=O)N1CCOC(c2ccccn2)C1. The summed E-state index contributed by atoms with van der Waals surface area (Å²) in [7, 11) is 0. The van der Waals surface area contributed by atoms with Gasteiger partial charge in [-0.05, 0) is 55.0 Å². The molecule has 1 fully saturated rings. The van der Waals surface area contributed by atoms with Crippen molar-refractivity contribution in [2.75, 3.05) is 19.7 Å². The lowest BCUT2D eigenvalue weighted by Gasteiger charge is -2.33. The quantitative estimate of drug-likeness (QED) is 0.686. The summed E-state index contributed by atoms with van der Waals surface area (Å²) in [5.74, 6) is -0.729. The van der Waals surface area contributed by atoms with Gasteiger partial charge in [-0.1, -0.05) is 6.07 Å². The average molecular weight is 393 g/mol. The molecule has 4 rings (SSSR count). The predicted octanol–water partition coefficient (Wildman–Crippen LogP) is 2.89. The van der Waals surface area contributed by atoms with Gasteiger partial charge in [0.25, 0.3) is 11.5 Å². The second-order valence-electron chi connectivity index (χ2n) is 6.89. The van der Waals surface area contributed by atoms with Crippen LogP contribution in [0.3, 0.4) is 0 Å². The zero-order valence-electron chi connectivity index (χ0n) is 15.9. The number of pyridine rings is 2. The van der Waals surface area contributed by atoms with E-state index in [1.807, 2.05) is 18.2 Å². The Balaban J connectivity index is 1.65. The standard InChI is InChI=1S/C22H20FN3O3/c1-15-9-11-26(17-7-5-16(23)6-8-17)22(28)20(15)21(27)25-12-13-29-19(14-25)18-4-2-3-10-24-18/h2-11,19H,12-14H2,1H3.